The molecule has 3 unspecified atom stereocenters. The topological polar surface area (TPSA) is 174 Å². The maximum atomic E-state index is 15.5. The largest absolute Gasteiger partial charge is 0.464 e. The number of hydrazine groups is 1. The SMILES string of the molecule is CCN(C(=O)[C@H]1[C@@H](C2CC2)N1S(=O)C(C)(C)C)C1CCN([C@H](C(=O)N[C@H]2Cc3cc(CF)cc(c3)-c3ccc4c(c3)c(c(-c3cc(N5CCN6CCOC[C@@H]6C5)cnc3C(C)OC)n4CC)CC(C)(C)COC(=O)[C@@H]3CCCN(N3)C2=O)C2CCCC2)CC1. The van der Waals surface area contributed by atoms with Crippen molar-refractivity contribution >= 4 is 51.3 Å². The molecule has 484 valence electrons. The number of likely N-dealkylation sites (tertiary alicyclic amines) is 1. The van der Waals surface area contributed by atoms with Crippen LogP contribution >= 0.6 is 0 Å². The molecular weight excluding hydrogens is 1150 g/mol. The van der Waals surface area contributed by atoms with E-state index < -0.39 is 51.9 Å². The van der Waals surface area contributed by atoms with Gasteiger partial charge in [0.2, 0.25) is 11.8 Å². The Morgan fingerprint density at radius 3 is 2.43 bits per heavy atom. The van der Waals surface area contributed by atoms with Gasteiger partial charge in [0.1, 0.15) is 35.8 Å². The number of alkyl halides is 1. The maximum Gasteiger partial charge on any atom is 0.324 e. The minimum absolute atomic E-state index is 0.0189. The van der Waals surface area contributed by atoms with Crippen molar-refractivity contribution in [3.63, 3.8) is 0 Å². The molecule has 2 aromatic carbocycles. The van der Waals surface area contributed by atoms with E-state index in [9.17, 15) is 13.8 Å². The number of nitrogens with zero attached hydrogens (tertiary/aromatic N) is 8. The lowest BCUT2D eigenvalue weighted by molar-refractivity contribution is -0.155. The van der Waals surface area contributed by atoms with Crippen molar-refractivity contribution in [1.29, 1.82) is 0 Å². The van der Waals surface area contributed by atoms with Crippen molar-refractivity contribution in [3.8, 4) is 22.4 Å². The lowest BCUT2D eigenvalue weighted by Gasteiger charge is -2.44. The van der Waals surface area contributed by atoms with Gasteiger partial charge < -0.3 is 33.9 Å². The summed E-state index contributed by atoms with van der Waals surface area (Å²) in [4.78, 5) is 74.2. The first kappa shape index (κ1) is 63.8. The van der Waals surface area contributed by atoms with E-state index in [0.717, 1.165) is 122 Å². The second kappa shape index (κ2) is 26.3. The van der Waals surface area contributed by atoms with Crippen molar-refractivity contribution in [3.05, 3.63) is 71.0 Å². The van der Waals surface area contributed by atoms with Gasteiger partial charge in [-0.05, 0) is 163 Å². The summed E-state index contributed by atoms with van der Waals surface area (Å²) in [6.07, 6.45) is 10.6. The van der Waals surface area contributed by atoms with Gasteiger partial charge >= 0.3 is 5.97 Å². The third kappa shape index (κ3) is 13.2. The second-order valence-corrected chi connectivity index (χ2v) is 30.7. The Morgan fingerprint density at radius 1 is 0.944 bits per heavy atom. The van der Waals surface area contributed by atoms with E-state index >= 15 is 14.0 Å². The van der Waals surface area contributed by atoms with Crippen LogP contribution in [0.2, 0.25) is 0 Å². The number of carbonyl (C=O) groups is 4. The number of anilines is 1. The zero-order valence-corrected chi connectivity index (χ0v) is 55.0. The van der Waals surface area contributed by atoms with Crippen LogP contribution in [0.15, 0.2) is 48.7 Å². The molecule has 6 aliphatic heterocycles. The van der Waals surface area contributed by atoms with Crippen LogP contribution in [0.3, 0.4) is 0 Å². The Morgan fingerprint density at radius 2 is 1.72 bits per heavy atom. The molecule has 12 rings (SSSR count). The fraction of sp³-hybridized carbons (Fsp3) is 0.667. The summed E-state index contributed by atoms with van der Waals surface area (Å²) in [6, 6.07) is 12.0. The molecule has 2 N–H and O–H groups in total. The number of cyclic esters (lactones) is 1. The smallest absolute Gasteiger partial charge is 0.324 e. The molecule has 2 aromatic heterocycles. The third-order valence-corrected chi connectivity index (χ3v) is 22.6. The highest BCUT2D eigenvalue weighted by molar-refractivity contribution is 7.84. The van der Waals surface area contributed by atoms with Crippen LogP contribution in [0.25, 0.3) is 33.3 Å². The molecule has 2 aliphatic carbocycles. The molecule has 9 atom stereocenters. The molecule has 20 heteroatoms. The van der Waals surface area contributed by atoms with Gasteiger partial charge in [0.05, 0.1) is 72.1 Å². The van der Waals surface area contributed by atoms with E-state index in [-0.39, 0.29) is 60.9 Å². The van der Waals surface area contributed by atoms with Gasteiger partial charge in [0.15, 0.2) is 0 Å². The quantitative estimate of drug-likeness (QED) is 0.0858. The van der Waals surface area contributed by atoms with Crippen LogP contribution in [0.4, 0.5) is 10.1 Å². The lowest BCUT2D eigenvalue weighted by atomic mass is 9.84. The number of rotatable bonds is 15. The average Bonchev–Trinajstić information content (AvgIpc) is 1.61. The highest BCUT2D eigenvalue weighted by Crippen LogP contribution is 2.50. The lowest BCUT2D eigenvalue weighted by Crippen LogP contribution is -2.62. The molecule has 8 heterocycles. The predicted octanol–water partition coefficient (Wildman–Crippen LogP) is 8.53. The van der Waals surface area contributed by atoms with E-state index in [1.807, 2.05) is 68.2 Å². The number of aryl methyl sites for hydroxylation is 1. The molecule has 2 saturated carbocycles. The van der Waals surface area contributed by atoms with E-state index in [4.69, 9.17) is 19.2 Å². The van der Waals surface area contributed by atoms with Crippen LogP contribution in [0.5, 0.6) is 0 Å². The van der Waals surface area contributed by atoms with Crippen molar-refractivity contribution in [2.75, 3.05) is 84.2 Å². The first-order valence-corrected chi connectivity index (χ1v) is 34.6. The van der Waals surface area contributed by atoms with Crippen molar-refractivity contribution in [2.45, 2.75) is 199 Å². The minimum atomic E-state index is -1.28. The fourth-order valence-electron chi connectivity index (χ4n) is 15.8. The summed E-state index contributed by atoms with van der Waals surface area (Å²) >= 11 is 0. The normalized spacial score (nSPS) is 26.9. The summed E-state index contributed by atoms with van der Waals surface area (Å²) in [5, 5.41) is 5.84. The molecule has 0 radical (unpaired) electrons. The van der Waals surface area contributed by atoms with Gasteiger partial charge in [-0.2, -0.15) is 0 Å². The summed E-state index contributed by atoms with van der Waals surface area (Å²) in [7, 11) is 0.433. The number of ether oxygens (including phenoxy) is 3. The number of amides is 3. The first-order chi connectivity index (χ1) is 42.8. The van der Waals surface area contributed by atoms with Gasteiger partial charge in [-0.3, -0.25) is 39.0 Å². The Kier molecular flexibility index (Phi) is 18.9. The Hall–Kier alpha value is -5.35. The number of piperidine rings is 1. The van der Waals surface area contributed by atoms with E-state index in [2.05, 4.69) is 75.0 Å². The Labute approximate surface area is 528 Å². The summed E-state index contributed by atoms with van der Waals surface area (Å²) in [6.45, 7) is 23.5. The van der Waals surface area contributed by atoms with Crippen molar-refractivity contribution in [2.24, 2.45) is 17.3 Å². The molecule has 7 fully saturated rings. The van der Waals surface area contributed by atoms with Crippen molar-refractivity contribution in [1.82, 2.24) is 44.3 Å². The number of fused-ring (bicyclic) bond motifs is 7. The number of pyridine rings is 1. The number of hydrogen-bond acceptors (Lipinski definition) is 13. The monoisotopic (exact) mass is 1240 g/mol. The number of likely N-dealkylation sites (N-methyl/N-ethyl adjacent to an activating group) is 1. The Balaban J connectivity index is 0.876. The number of nitrogens with one attached hydrogen (secondary N) is 2. The van der Waals surface area contributed by atoms with Gasteiger partial charge in [0, 0.05) is 100 Å². The number of esters is 1. The second-order valence-electron chi connectivity index (χ2n) is 28.6. The number of morpholine rings is 1. The van der Waals surface area contributed by atoms with E-state index in [0.29, 0.717) is 94.5 Å². The molecule has 4 aromatic rings. The minimum Gasteiger partial charge on any atom is -0.464 e. The molecule has 6 bridgehead atoms. The van der Waals surface area contributed by atoms with Gasteiger partial charge in [-0.25, -0.2) is 18.3 Å². The number of piperazine rings is 1. The van der Waals surface area contributed by atoms with Crippen molar-refractivity contribution < 1.29 is 42.0 Å². The van der Waals surface area contributed by atoms with Gasteiger partial charge in [0.25, 0.3) is 5.91 Å². The molecule has 3 amide bonds. The molecule has 5 saturated heterocycles. The molecule has 0 spiro atoms. The first-order valence-electron chi connectivity index (χ1n) is 33.5. The third-order valence-electron chi connectivity index (χ3n) is 20.7. The molecule has 18 nitrogen and oxygen atoms in total. The van der Waals surface area contributed by atoms with Crippen LogP contribution < -0.4 is 15.6 Å². The molecule has 89 heavy (non-hydrogen) atoms. The summed E-state index contributed by atoms with van der Waals surface area (Å²) in [5.41, 5.74) is 11.5. The Bertz CT molecular complexity index is 3300. The number of halogens is 1. The van der Waals surface area contributed by atoms with Crippen LogP contribution in [-0.2, 0) is 70.4 Å². The maximum absolute atomic E-state index is 15.5. The number of benzene rings is 2. The standard InChI is InChI=1S/C69H97FN10O8S/c1-10-77(66(83)63-60(47-18-19-47)80(63)89(85)68(4,5)6)50-22-25-75(26-23-50)61(46-15-12-13-16-46)64(81)72-57-34-44-31-45(38-70)33-49(32-44)48-20-21-58-53(35-48)55(37-69(7,8)42-88-67(84)56-17-14-24-79(73-56)65(57)82)62(78(58)11-2)54-36-51(39-71-59(54)43(3)86-9)76-28-27-74-29-30-87-41-52(74)40-76/h20-21,31-33,35-36,39,43,46-47,50,52,56-57,60-61,63,73H,10-19,22-30,34,37-38,40-42H2,1-9H3,(H,72,81)/t43?,52-,56-,57-,60+,61-,63+,80?,89?/m0/s1. The fourth-order valence-corrected chi connectivity index (χ4v) is 17.3. The number of methoxy groups -OCH3 is 1. The zero-order valence-electron chi connectivity index (χ0n) is 54.2. The molecule has 8 aliphatic rings. The zero-order chi connectivity index (χ0) is 62.6. The van der Waals surface area contributed by atoms with Crippen LogP contribution in [0, 0.1) is 17.3 Å². The van der Waals surface area contributed by atoms with E-state index in [1.165, 1.54) is 5.01 Å². The number of hydrogen-bond donors (Lipinski definition) is 2. The summed E-state index contributed by atoms with van der Waals surface area (Å²) in [5.74, 6) is -0.490. The highest BCUT2D eigenvalue weighted by atomic mass is 32.2. The number of aromatic nitrogens is 2. The van der Waals surface area contributed by atoms with Gasteiger partial charge in [-0.15, -0.1) is 0 Å². The highest BCUT2D eigenvalue weighted by Gasteiger charge is 2.64. The average molecular weight is 1250 g/mol. The summed E-state index contributed by atoms with van der Waals surface area (Å²) < 4.78 is 51.4. The van der Waals surface area contributed by atoms with Gasteiger partial charge in [-0.1, -0.05) is 44.9 Å². The molecular formula is C69H97FN10O8S. The predicted molar refractivity (Wildman–Crippen MR) is 345 cm³/mol. The number of carbonyl (C=O) groups excluding carboxylic acids is 4. The van der Waals surface area contributed by atoms with Crippen LogP contribution in [0.1, 0.15) is 148 Å². The van der Waals surface area contributed by atoms with E-state index in [1.54, 1.807) is 7.11 Å². The van der Waals surface area contributed by atoms with Crippen LogP contribution in [-0.4, -0.2) is 188 Å².